The van der Waals surface area contributed by atoms with E-state index in [1.165, 1.54) is 12.3 Å². The number of pyridine rings is 1. The van der Waals surface area contributed by atoms with Crippen LogP contribution in [-0.2, 0) is 10.9 Å². The number of ether oxygens (including phenoxy) is 1. The van der Waals surface area contributed by atoms with Gasteiger partial charge in [-0.05, 0) is 31.2 Å². The summed E-state index contributed by atoms with van der Waals surface area (Å²) in [5.74, 6) is 0. The summed E-state index contributed by atoms with van der Waals surface area (Å²) >= 11 is 0. The molecule has 3 rings (SSSR count). The summed E-state index contributed by atoms with van der Waals surface area (Å²) in [7, 11) is 0. The van der Waals surface area contributed by atoms with Crippen LogP contribution in [0.2, 0.25) is 0 Å². The Bertz CT molecular complexity index is 705. The Kier molecular flexibility index (Phi) is 4.16. The molecule has 7 heteroatoms. The smallest absolute Gasteiger partial charge is 0.394 e. The van der Waals surface area contributed by atoms with E-state index in [-0.39, 0.29) is 24.3 Å². The molecule has 0 spiro atoms. The van der Waals surface area contributed by atoms with Crippen molar-refractivity contribution in [3.05, 3.63) is 36.0 Å². The van der Waals surface area contributed by atoms with Gasteiger partial charge in [-0.3, -0.25) is 4.98 Å². The number of benzene rings is 1. The molecule has 23 heavy (non-hydrogen) atoms. The molecule has 1 fully saturated rings. The van der Waals surface area contributed by atoms with Gasteiger partial charge in [0.05, 0.1) is 29.9 Å². The Balaban J connectivity index is 2.09. The highest BCUT2D eigenvalue weighted by atomic mass is 19.4. The predicted molar refractivity (Wildman–Crippen MR) is 80.4 cm³/mol. The van der Waals surface area contributed by atoms with Crippen molar-refractivity contribution < 1.29 is 23.0 Å². The maximum absolute atomic E-state index is 13.2. The molecule has 0 amide bonds. The van der Waals surface area contributed by atoms with Crippen molar-refractivity contribution in [2.45, 2.75) is 25.3 Å². The van der Waals surface area contributed by atoms with E-state index in [9.17, 15) is 18.3 Å². The molecule has 0 radical (unpaired) electrons. The number of rotatable bonds is 2. The van der Waals surface area contributed by atoms with E-state index < -0.39 is 11.7 Å². The third-order valence-electron chi connectivity index (χ3n) is 3.92. The fourth-order valence-electron chi connectivity index (χ4n) is 3.00. The zero-order valence-electron chi connectivity index (χ0n) is 12.5. The Morgan fingerprint density at radius 3 is 2.78 bits per heavy atom. The molecule has 1 saturated heterocycles. The fourth-order valence-corrected chi connectivity index (χ4v) is 3.00. The summed E-state index contributed by atoms with van der Waals surface area (Å²) in [6.45, 7) is 2.72. The molecule has 2 unspecified atom stereocenters. The number of hydrogen-bond donors (Lipinski definition) is 1. The first-order valence-electron chi connectivity index (χ1n) is 7.36. The average Bonchev–Trinajstić information content (AvgIpc) is 2.52. The highest BCUT2D eigenvalue weighted by molar-refractivity contribution is 5.94. The van der Waals surface area contributed by atoms with E-state index >= 15 is 0 Å². The number of fused-ring (bicyclic) bond motifs is 1. The number of aliphatic hydroxyl groups is 1. The number of nitrogens with zero attached hydrogens (tertiary/aromatic N) is 2. The van der Waals surface area contributed by atoms with Crippen molar-refractivity contribution in [2.24, 2.45) is 0 Å². The van der Waals surface area contributed by atoms with Crippen LogP contribution >= 0.6 is 0 Å². The molecule has 0 bridgehead atoms. The molecule has 0 saturated carbocycles. The second-order valence-electron chi connectivity index (χ2n) is 5.69. The number of morpholine rings is 1. The van der Waals surface area contributed by atoms with E-state index in [0.717, 1.165) is 6.07 Å². The van der Waals surface area contributed by atoms with Gasteiger partial charge in [-0.2, -0.15) is 13.2 Å². The number of anilines is 1. The van der Waals surface area contributed by atoms with Crippen LogP contribution in [-0.4, -0.2) is 42.0 Å². The van der Waals surface area contributed by atoms with Gasteiger partial charge in [0.2, 0.25) is 0 Å². The number of aliphatic hydroxyl groups excluding tert-OH is 1. The van der Waals surface area contributed by atoms with Gasteiger partial charge in [0.25, 0.3) is 0 Å². The maximum atomic E-state index is 13.2. The molecule has 1 aromatic carbocycles. The van der Waals surface area contributed by atoms with Crippen LogP contribution in [0.25, 0.3) is 10.9 Å². The van der Waals surface area contributed by atoms with Gasteiger partial charge in [-0.1, -0.05) is 0 Å². The molecule has 0 aliphatic carbocycles. The largest absolute Gasteiger partial charge is 0.418 e. The summed E-state index contributed by atoms with van der Waals surface area (Å²) in [4.78, 5) is 5.88. The highest BCUT2D eigenvalue weighted by Gasteiger charge is 2.34. The van der Waals surface area contributed by atoms with Crippen LogP contribution in [0.1, 0.15) is 12.5 Å². The Hall–Kier alpha value is -1.86. The van der Waals surface area contributed by atoms with E-state index in [1.807, 2.05) is 11.8 Å². The molecule has 2 atom stereocenters. The van der Waals surface area contributed by atoms with Gasteiger partial charge in [0.15, 0.2) is 0 Å². The standard InChI is InChI=1S/C16H17F3N2O2/c1-10-7-21(8-11(9-22)23-10)14-5-4-13(16(17,18)19)15-12(14)3-2-6-20-15/h2-6,10-11,22H,7-9H2,1H3. The molecular formula is C16H17F3N2O2. The van der Waals surface area contributed by atoms with Gasteiger partial charge in [-0.25, -0.2) is 0 Å². The molecule has 1 aliphatic heterocycles. The summed E-state index contributed by atoms with van der Waals surface area (Å²) < 4.78 is 45.1. The van der Waals surface area contributed by atoms with Crippen molar-refractivity contribution in [3.63, 3.8) is 0 Å². The third-order valence-corrected chi connectivity index (χ3v) is 3.92. The van der Waals surface area contributed by atoms with Crippen LogP contribution in [0.15, 0.2) is 30.5 Å². The quantitative estimate of drug-likeness (QED) is 0.922. The van der Waals surface area contributed by atoms with Gasteiger partial charge in [0.1, 0.15) is 0 Å². The number of alkyl halides is 3. The van der Waals surface area contributed by atoms with Crippen LogP contribution in [0, 0.1) is 0 Å². The molecule has 1 aromatic heterocycles. The molecule has 2 heterocycles. The lowest BCUT2D eigenvalue weighted by atomic mass is 10.1. The van der Waals surface area contributed by atoms with E-state index in [4.69, 9.17) is 4.74 Å². The minimum atomic E-state index is -4.45. The van der Waals surface area contributed by atoms with Crippen LogP contribution in [0.4, 0.5) is 18.9 Å². The van der Waals surface area contributed by atoms with E-state index in [1.54, 1.807) is 12.1 Å². The zero-order valence-corrected chi connectivity index (χ0v) is 12.5. The van der Waals surface area contributed by atoms with Crippen molar-refractivity contribution in [1.29, 1.82) is 0 Å². The number of halogens is 3. The fraction of sp³-hybridized carbons (Fsp3) is 0.438. The first-order chi connectivity index (χ1) is 10.9. The molecule has 1 N–H and O–H groups in total. The lowest BCUT2D eigenvalue weighted by Gasteiger charge is -2.38. The Morgan fingerprint density at radius 2 is 2.09 bits per heavy atom. The first-order valence-corrected chi connectivity index (χ1v) is 7.36. The zero-order chi connectivity index (χ0) is 16.6. The second kappa shape index (κ2) is 5.98. The topological polar surface area (TPSA) is 45.6 Å². The summed E-state index contributed by atoms with van der Waals surface area (Å²) in [5.41, 5.74) is -0.122. The summed E-state index contributed by atoms with van der Waals surface area (Å²) in [6.07, 6.45) is -3.56. The second-order valence-corrected chi connectivity index (χ2v) is 5.69. The SMILES string of the molecule is CC1CN(c2ccc(C(F)(F)F)c3ncccc23)CC(CO)O1. The molecule has 124 valence electrons. The minimum absolute atomic E-state index is 0.0582. The number of hydrogen-bond acceptors (Lipinski definition) is 4. The van der Waals surface area contributed by atoms with Crippen LogP contribution in [0.3, 0.4) is 0 Å². The highest BCUT2D eigenvalue weighted by Crippen LogP contribution is 2.38. The summed E-state index contributed by atoms with van der Waals surface area (Å²) in [6, 6.07) is 5.80. The summed E-state index contributed by atoms with van der Waals surface area (Å²) in [5, 5.41) is 9.78. The van der Waals surface area contributed by atoms with Crippen LogP contribution in [0.5, 0.6) is 0 Å². The first kappa shape index (κ1) is 16.0. The van der Waals surface area contributed by atoms with Crippen molar-refractivity contribution in [1.82, 2.24) is 4.98 Å². The molecule has 4 nitrogen and oxygen atoms in total. The maximum Gasteiger partial charge on any atom is 0.418 e. The van der Waals surface area contributed by atoms with Crippen LogP contribution < -0.4 is 4.90 Å². The van der Waals surface area contributed by atoms with E-state index in [2.05, 4.69) is 4.98 Å². The monoisotopic (exact) mass is 326 g/mol. The Morgan fingerprint density at radius 1 is 1.30 bits per heavy atom. The van der Waals surface area contributed by atoms with E-state index in [0.29, 0.717) is 24.2 Å². The van der Waals surface area contributed by atoms with Crippen molar-refractivity contribution >= 4 is 16.6 Å². The third kappa shape index (κ3) is 3.11. The van der Waals surface area contributed by atoms with Gasteiger partial charge in [0, 0.05) is 30.4 Å². The van der Waals surface area contributed by atoms with Crippen molar-refractivity contribution in [2.75, 3.05) is 24.6 Å². The van der Waals surface area contributed by atoms with Gasteiger partial charge < -0.3 is 14.7 Å². The normalized spacial score (nSPS) is 22.6. The van der Waals surface area contributed by atoms with Gasteiger partial charge >= 0.3 is 6.18 Å². The molecule has 2 aromatic rings. The average molecular weight is 326 g/mol. The van der Waals surface area contributed by atoms with Crippen molar-refractivity contribution in [3.8, 4) is 0 Å². The molecule has 1 aliphatic rings. The Labute approximate surface area is 131 Å². The van der Waals surface area contributed by atoms with Gasteiger partial charge in [-0.15, -0.1) is 0 Å². The number of aromatic nitrogens is 1. The lowest BCUT2D eigenvalue weighted by Crippen LogP contribution is -2.48. The molecular weight excluding hydrogens is 309 g/mol. The minimum Gasteiger partial charge on any atom is -0.394 e. The predicted octanol–water partition coefficient (Wildman–Crippen LogP) is 2.84. The lowest BCUT2D eigenvalue weighted by molar-refractivity contribution is -0.136.